The van der Waals surface area contributed by atoms with Gasteiger partial charge in [0.05, 0.1) is 12.5 Å². The van der Waals surface area contributed by atoms with Crippen molar-refractivity contribution < 1.29 is 13.9 Å². The molecule has 1 amide bonds. The van der Waals surface area contributed by atoms with Gasteiger partial charge in [-0.1, -0.05) is 30.3 Å². The first-order valence-electron chi connectivity index (χ1n) is 8.46. The average Bonchev–Trinajstić information content (AvgIpc) is 2.65. The number of carbonyl (C=O) groups excluding carboxylic acids is 1. The van der Waals surface area contributed by atoms with E-state index in [1.807, 2.05) is 44.2 Å². The average molecular weight is 351 g/mol. The predicted molar refractivity (Wildman–Crippen MR) is 100 cm³/mol. The number of carbonyl (C=O) groups is 1. The first-order valence-corrected chi connectivity index (χ1v) is 8.46. The summed E-state index contributed by atoms with van der Waals surface area (Å²) in [7, 11) is 1.55. The summed E-state index contributed by atoms with van der Waals surface area (Å²) in [6.07, 6.45) is 0. The zero-order chi connectivity index (χ0) is 18.7. The van der Waals surface area contributed by atoms with Crippen LogP contribution in [-0.2, 0) is 6.54 Å². The van der Waals surface area contributed by atoms with Crippen molar-refractivity contribution in [2.45, 2.75) is 26.4 Å². The molecule has 3 aromatic rings. The Kier molecular flexibility index (Phi) is 5.07. The number of rotatable bonds is 5. The molecule has 134 valence electrons. The Bertz CT molecular complexity index is 976. The van der Waals surface area contributed by atoms with Crippen LogP contribution >= 0.6 is 0 Å². The van der Waals surface area contributed by atoms with Gasteiger partial charge in [-0.25, -0.2) is 4.79 Å². The van der Waals surface area contributed by atoms with Crippen LogP contribution in [0.25, 0.3) is 10.8 Å². The van der Waals surface area contributed by atoms with E-state index in [2.05, 4.69) is 0 Å². The minimum absolute atomic E-state index is 0.0281. The SMILES string of the molecule is COc1ccc2c(=O)oc(C(=O)N(Cc3ccccc3)C(C)C)cc2c1. The van der Waals surface area contributed by atoms with Gasteiger partial charge in [0.15, 0.2) is 5.76 Å². The maximum atomic E-state index is 13.0. The molecule has 0 aliphatic rings. The third-order valence-corrected chi connectivity index (χ3v) is 4.26. The monoisotopic (exact) mass is 351 g/mol. The molecule has 0 radical (unpaired) electrons. The van der Waals surface area contributed by atoms with Crippen molar-refractivity contribution in [3.05, 3.63) is 76.3 Å². The van der Waals surface area contributed by atoms with Crippen LogP contribution in [0.2, 0.25) is 0 Å². The van der Waals surface area contributed by atoms with Crippen molar-refractivity contribution in [2.75, 3.05) is 7.11 Å². The molecule has 1 aromatic heterocycles. The van der Waals surface area contributed by atoms with Gasteiger partial charge in [-0.3, -0.25) is 4.79 Å². The van der Waals surface area contributed by atoms with E-state index in [1.165, 1.54) is 0 Å². The molecule has 5 heteroatoms. The second-order valence-corrected chi connectivity index (χ2v) is 6.36. The fourth-order valence-electron chi connectivity index (χ4n) is 2.81. The summed E-state index contributed by atoms with van der Waals surface area (Å²) in [6, 6.07) is 16.3. The quantitative estimate of drug-likeness (QED) is 0.700. The number of methoxy groups -OCH3 is 1. The van der Waals surface area contributed by atoms with Gasteiger partial charge in [0.1, 0.15) is 5.75 Å². The fourth-order valence-corrected chi connectivity index (χ4v) is 2.81. The van der Waals surface area contributed by atoms with Crippen molar-refractivity contribution in [3.8, 4) is 5.75 Å². The van der Waals surface area contributed by atoms with E-state index in [4.69, 9.17) is 9.15 Å². The van der Waals surface area contributed by atoms with Crippen molar-refractivity contribution in [2.24, 2.45) is 0 Å². The number of benzene rings is 2. The summed E-state index contributed by atoms with van der Waals surface area (Å²) in [5, 5.41) is 1.04. The summed E-state index contributed by atoms with van der Waals surface area (Å²) in [4.78, 5) is 27.0. The Hall–Kier alpha value is -3.08. The van der Waals surface area contributed by atoms with E-state index in [9.17, 15) is 9.59 Å². The lowest BCUT2D eigenvalue weighted by Crippen LogP contribution is -2.36. The van der Waals surface area contributed by atoms with Gasteiger partial charge < -0.3 is 14.1 Å². The van der Waals surface area contributed by atoms with Gasteiger partial charge in [-0.2, -0.15) is 0 Å². The van der Waals surface area contributed by atoms with Crippen LogP contribution in [0, 0.1) is 0 Å². The third-order valence-electron chi connectivity index (χ3n) is 4.26. The molecule has 0 spiro atoms. The van der Waals surface area contributed by atoms with Gasteiger partial charge in [0.25, 0.3) is 5.91 Å². The standard InChI is InChI=1S/C21H21NO4/c1-14(2)22(13-15-7-5-4-6-8-15)20(23)19-12-16-11-17(25-3)9-10-18(16)21(24)26-19/h4-12,14H,13H2,1-3H3. The molecular weight excluding hydrogens is 330 g/mol. The van der Waals surface area contributed by atoms with E-state index in [1.54, 1.807) is 36.3 Å². The summed E-state index contributed by atoms with van der Waals surface area (Å²) < 4.78 is 10.5. The third kappa shape index (κ3) is 3.61. The lowest BCUT2D eigenvalue weighted by atomic mass is 10.1. The molecule has 3 rings (SSSR count). The Morgan fingerprint density at radius 3 is 2.50 bits per heavy atom. The Morgan fingerprint density at radius 2 is 1.85 bits per heavy atom. The maximum absolute atomic E-state index is 13.0. The molecule has 0 bridgehead atoms. The number of fused-ring (bicyclic) bond motifs is 1. The normalized spacial score (nSPS) is 10.9. The molecule has 0 atom stereocenters. The second-order valence-electron chi connectivity index (χ2n) is 6.36. The van der Waals surface area contributed by atoms with Gasteiger partial charge in [-0.05, 0) is 49.1 Å². The molecule has 0 fully saturated rings. The van der Waals surface area contributed by atoms with E-state index >= 15 is 0 Å². The predicted octanol–water partition coefficient (Wildman–Crippen LogP) is 3.85. The number of amides is 1. The van der Waals surface area contributed by atoms with Crippen LogP contribution in [0.4, 0.5) is 0 Å². The minimum atomic E-state index is -0.531. The van der Waals surface area contributed by atoms with Crippen LogP contribution < -0.4 is 10.4 Å². The van der Waals surface area contributed by atoms with Crippen molar-refractivity contribution in [1.82, 2.24) is 4.90 Å². The highest BCUT2D eigenvalue weighted by atomic mass is 16.5. The van der Waals surface area contributed by atoms with Crippen molar-refractivity contribution in [3.63, 3.8) is 0 Å². The number of ether oxygens (including phenoxy) is 1. The van der Waals surface area contributed by atoms with Crippen LogP contribution in [-0.4, -0.2) is 24.0 Å². The van der Waals surface area contributed by atoms with Crippen LogP contribution in [0.5, 0.6) is 5.75 Å². The summed E-state index contributed by atoms with van der Waals surface area (Å²) in [5.41, 5.74) is 0.483. The van der Waals surface area contributed by atoms with Crippen molar-refractivity contribution >= 4 is 16.7 Å². The number of hydrogen-bond acceptors (Lipinski definition) is 4. The van der Waals surface area contributed by atoms with E-state index in [-0.39, 0.29) is 17.7 Å². The lowest BCUT2D eigenvalue weighted by molar-refractivity contribution is 0.0653. The molecule has 5 nitrogen and oxygen atoms in total. The summed E-state index contributed by atoms with van der Waals surface area (Å²) in [5.74, 6) is 0.331. The molecule has 1 heterocycles. The molecule has 0 saturated carbocycles. The highest BCUT2D eigenvalue weighted by Gasteiger charge is 2.22. The molecule has 0 aliphatic heterocycles. The van der Waals surface area contributed by atoms with Gasteiger partial charge in [0, 0.05) is 12.6 Å². The van der Waals surface area contributed by atoms with E-state index in [0.717, 1.165) is 5.56 Å². The van der Waals surface area contributed by atoms with Crippen LogP contribution in [0.1, 0.15) is 30.0 Å². The molecule has 0 aliphatic carbocycles. The molecule has 0 saturated heterocycles. The molecular formula is C21H21NO4. The Labute approximate surface area is 151 Å². The van der Waals surface area contributed by atoms with Crippen LogP contribution in [0.15, 0.2) is 63.8 Å². The van der Waals surface area contributed by atoms with E-state index < -0.39 is 5.63 Å². The zero-order valence-corrected chi connectivity index (χ0v) is 15.1. The van der Waals surface area contributed by atoms with Crippen molar-refractivity contribution in [1.29, 1.82) is 0 Å². The Balaban J connectivity index is 1.99. The fraction of sp³-hybridized carbons (Fsp3) is 0.238. The van der Waals surface area contributed by atoms with Gasteiger partial charge in [-0.15, -0.1) is 0 Å². The molecule has 26 heavy (non-hydrogen) atoms. The first kappa shape index (κ1) is 17.7. The number of nitrogens with zero attached hydrogens (tertiary/aromatic N) is 1. The highest BCUT2D eigenvalue weighted by molar-refractivity contribution is 5.95. The van der Waals surface area contributed by atoms with Gasteiger partial charge >= 0.3 is 5.63 Å². The van der Waals surface area contributed by atoms with E-state index in [0.29, 0.717) is 23.1 Å². The maximum Gasteiger partial charge on any atom is 0.344 e. The Morgan fingerprint density at radius 1 is 1.12 bits per heavy atom. The van der Waals surface area contributed by atoms with Crippen LogP contribution in [0.3, 0.4) is 0 Å². The molecule has 0 N–H and O–H groups in total. The minimum Gasteiger partial charge on any atom is -0.497 e. The van der Waals surface area contributed by atoms with Gasteiger partial charge in [0.2, 0.25) is 0 Å². The topological polar surface area (TPSA) is 59.8 Å². The molecule has 0 unspecified atom stereocenters. The summed E-state index contributed by atoms with van der Waals surface area (Å²) in [6.45, 7) is 4.31. The highest BCUT2D eigenvalue weighted by Crippen LogP contribution is 2.21. The first-order chi connectivity index (χ1) is 12.5. The largest absolute Gasteiger partial charge is 0.497 e. The summed E-state index contributed by atoms with van der Waals surface area (Å²) >= 11 is 0. The zero-order valence-electron chi connectivity index (χ0n) is 15.1. The second kappa shape index (κ2) is 7.44. The number of hydrogen-bond donors (Lipinski definition) is 0. The smallest absolute Gasteiger partial charge is 0.344 e. The molecule has 2 aromatic carbocycles. The lowest BCUT2D eigenvalue weighted by Gasteiger charge is -2.26.